The molecule has 0 amide bonds. The van der Waals surface area contributed by atoms with Crippen molar-refractivity contribution in [3.63, 3.8) is 0 Å². The second kappa shape index (κ2) is 7.04. The van der Waals surface area contributed by atoms with Crippen molar-refractivity contribution < 1.29 is 4.74 Å². The maximum Gasteiger partial charge on any atom is 0.356 e. The van der Waals surface area contributed by atoms with Gasteiger partial charge in [-0.05, 0) is 42.8 Å². The zero-order chi connectivity index (χ0) is 16.9. The third-order valence-corrected chi connectivity index (χ3v) is 3.67. The van der Waals surface area contributed by atoms with Crippen LogP contribution >= 0.6 is 0 Å². The van der Waals surface area contributed by atoms with E-state index in [9.17, 15) is 9.59 Å². The first-order valence-electron chi connectivity index (χ1n) is 7.93. The largest absolute Gasteiger partial charge is 0.494 e. The van der Waals surface area contributed by atoms with Gasteiger partial charge in [0.2, 0.25) is 0 Å². The second-order valence-electron chi connectivity index (χ2n) is 5.40. The van der Waals surface area contributed by atoms with Crippen LogP contribution in [0.3, 0.4) is 0 Å². The highest BCUT2D eigenvalue weighted by atomic mass is 16.5. The summed E-state index contributed by atoms with van der Waals surface area (Å²) < 4.78 is 7.92. The number of nitrogens with zero attached hydrogens (tertiary/aromatic N) is 2. The zero-order valence-electron chi connectivity index (χ0n) is 13.4. The lowest BCUT2D eigenvalue weighted by Gasteiger charge is -2.06. The van der Waals surface area contributed by atoms with Crippen LogP contribution in [0, 0.1) is 0 Å². The summed E-state index contributed by atoms with van der Waals surface area (Å²) in [5.74, 6) is 0.721. The summed E-state index contributed by atoms with van der Waals surface area (Å²) >= 11 is 0. The fourth-order valence-electron chi connectivity index (χ4n) is 2.39. The van der Waals surface area contributed by atoms with Gasteiger partial charge in [0.05, 0.1) is 18.0 Å². The molecule has 0 radical (unpaired) electrons. The molecule has 0 fully saturated rings. The van der Waals surface area contributed by atoms with Crippen LogP contribution in [0.5, 0.6) is 5.75 Å². The van der Waals surface area contributed by atoms with E-state index in [0.717, 1.165) is 23.2 Å². The van der Waals surface area contributed by atoms with Crippen molar-refractivity contribution in [2.24, 2.45) is 0 Å². The quantitative estimate of drug-likeness (QED) is 0.708. The average molecular weight is 325 g/mol. The number of benzene rings is 2. The van der Waals surface area contributed by atoms with Crippen LogP contribution in [0.15, 0.2) is 64.2 Å². The van der Waals surface area contributed by atoms with Crippen LogP contribution in [0.1, 0.15) is 19.8 Å². The number of ether oxygens (including phenoxy) is 1. The number of aromatic nitrogens is 3. The molecule has 0 aliphatic rings. The lowest BCUT2D eigenvalue weighted by molar-refractivity contribution is 0.309. The van der Waals surface area contributed by atoms with Crippen molar-refractivity contribution in [3.05, 3.63) is 75.6 Å². The van der Waals surface area contributed by atoms with Crippen molar-refractivity contribution in [1.82, 2.24) is 14.3 Å². The Balaban J connectivity index is 1.92. The molecule has 1 aromatic heterocycles. The van der Waals surface area contributed by atoms with Crippen LogP contribution in [-0.4, -0.2) is 21.0 Å². The molecule has 0 atom stereocenters. The summed E-state index contributed by atoms with van der Waals surface area (Å²) in [4.78, 5) is 24.7. The standard InChI is InChI=1S/C18H19N3O3/c1-2-3-13-24-16-11-9-14(10-12-16)20-17(22)19-21(18(20)23)15-7-5-4-6-8-15/h4-12H,2-3,13H2,1H3,(H,19,22). The third kappa shape index (κ3) is 3.17. The lowest BCUT2D eigenvalue weighted by atomic mass is 10.3. The number of H-pyrrole nitrogens is 1. The van der Waals surface area contributed by atoms with Gasteiger partial charge in [0, 0.05) is 0 Å². The normalized spacial score (nSPS) is 10.7. The fourth-order valence-corrected chi connectivity index (χ4v) is 2.39. The van der Waals surface area contributed by atoms with Gasteiger partial charge in [-0.15, -0.1) is 0 Å². The number of unbranched alkanes of at least 4 members (excludes halogenated alkanes) is 1. The predicted octanol–water partition coefficient (Wildman–Crippen LogP) is 2.50. The first-order chi connectivity index (χ1) is 11.7. The van der Waals surface area contributed by atoms with Crippen molar-refractivity contribution in [2.45, 2.75) is 19.8 Å². The number of para-hydroxylation sites is 1. The second-order valence-corrected chi connectivity index (χ2v) is 5.40. The molecule has 6 nitrogen and oxygen atoms in total. The maximum absolute atomic E-state index is 12.5. The van der Waals surface area contributed by atoms with Crippen molar-refractivity contribution in [1.29, 1.82) is 0 Å². The van der Waals surface area contributed by atoms with Crippen LogP contribution in [-0.2, 0) is 0 Å². The van der Waals surface area contributed by atoms with E-state index >= 15 is 0 Å². The Kier molecular flexibility index (Phi) is 4.65. The van der Waals surface area contributed by atoms with Gasteiger partial charge >= 0.3 is 11.4 Å². The fraction of sp³-hybridized carbons (Fsp3) is 0.222. The summed E-state index contributed by atoms with van der Waals surface area (Å²) in [5, 5.41) is 2.56. The molecule has 0 aliphatic carbocycles. The Labute approximate surface area is 138 Å². The monoisotopic (exact) mass is 325 g/mol. The van der Waals surface area contributed by atoms with E-state index in [2.05, 4.69) is 12.0 Å². The molecule has 0 bridgehead atoms. The summed E-state index contributed by atoms with van der Waals surface area (Å²) in [5.41, 5.74) is 0.186. The summed E-state index contributed by atoms with van der Waals surface area (Å²) in [6, 6.07) is 15.9. The molecular weight excluding hydrogens is 306 g/mol. The van der Waals surface area contributed by atoms with E-state index in [1.54, 1.807) is 48.5 Å². The summed E-state index contributed by atoms with van der Waals surface area (Å²) in [6.07, 6.45) is 2.05. The number of hydrogen-bond donors (Lipinski definition) is 1. The van der Waals surface area contributed by atoms with Crippen LogP contribution in [0.2, 0.25) is 0 Å². The number of nitrogens with one attached hydrogen (secondary N) is 1. The predicted molar refractivity (Wildman–Crippen MR) is 92.4 cm³/mol. The van der Waals surface area contributed by atoms with Gasteiger partial charge in [-0.2, -0.15) is 0 Å². The topological polar surface area (TPSA) is 69.0 Å². The van der Waals surface area contributed by atoms with E-state index in [0.29, 0.717) is 18.0 Å². The smallest absolute Gasteiger partial charge is 0.356 e. The molecule has 2 aromatic carbocycles. The number of hydrogen-bond acceptors (Lipinski definition) is 3. The molecule has 1 N–H and O–H groups in total. The maximum atomic E-state index is 12.5. The third-order valence-electron chi connectivity index (χ3n) is 3.67. The lowest BCUT2D eigenvalue weighted by Crippen LogP contribution is -2.26. The van der Waals surface area contributed by atoms with Crippen molar-refractivity contribution >= 4 is 0 Å². The van der Waals surface area contributed by atoms with E-state index in [1.807, 2.05) is 6.07 Å². The minimum Gasteiger partial charge on any atom is -0.494 e. The van der Waals surface area contributed by atoms with Gasteiger partial charge in [-0.1, -0.05) is 31.5 Å². The first-order valence-corrected chi connectivity index (χ1v) is 7.93. The van der Waals surface area contributed by atoms with Crippen molar-refractivity contribution in [3.8, 4) is 17.1 Å². The molecule has 3 rings (SSSR count). The zero-order valence-corrected chi connectivity index (χ0v) is 13.4. The van der Waals surface area contributed by atoms with Crippen LogP contribution in [0.25, 0.3) is 11.4 Å². The highest BCUT2D eigenvalue weighted by Gasteiger charge is 2.12. The first kappa shape index (κ1) is 15.9. The summed E-state index contributed by atoms with van der Waals surface area (Å²) in [6.45, 7) is 2.75. The highest BCUT2D eigenvalue weighted by Crippen LogP contribution is 2.14. The van der Waals surface area contributed by atoms with Gasteiger partial charge in [0.25, 0.3) is 0 Å². The van der Waals surface area contributed by atoms with Crippen LogP contribution in [0.4, 0.5) is 0 Å². The molecule has 0 unspecified atom stereocenters. The molecular formula is C18H19N3O3. The number of rotatable bonds is 6. The van der Waals surface area contributed by atoms with Gasteiger partial charge in [-0.25, -0.2) is 23.9 Å². The Morgan fingerprint density at radius 2 is 1.67 bits per heavy atom. The molecule has 1 heterocycles. The SMILES string of the molecule is CCCCOc1ccc(-n2c(=O)[nH]n(-c3ccccc3)c2=O)cc1. The van der Waals surface area contributed by atoms with E-state index in [1.165, 1.54) is 4.68 Å². The van der Waals surface area contributed by atoms with Gasteiger partial charge in [0.15, 0.2) is 0 Å². The number of aromatic amines is 1. The Morgan fingerprint density at radius 3 is 2.33 bits per heavy atom. The van der Waals surface area contributed by atoms with Crippen molar-refractivity contribution in [2.75, 3.05) is 6.61 Å². The minimum atomic E-state index is -0.483. The van der Waals surface area contributed by atoms with Gasteiger partial charge in [-0.3, -0.25) is 0 Å². The van der Waals surface area contributed by atoms with E-state index in [-0.39, 0.29) is 0 Å². The Hall–Kier alpha value is -3.02. The van der Waals surface area contributed by atoms with E-state index < -0.39 is 11.4 Å². The average Bonchev–Trinajstić information content (AvgIpc) is 2.91. The minimum absolute atomic E-state index is 0.439. The van der Waals surface area contributed by atoms with Gasteiger partial charge in [0.1, 0.15) is 5.75 Å². The molecule has 0 saturated carbocycles. The highest BCUT2D eigenvalue weighted by molar-refractivity contribution is 5.38. The molecule has 0 aliphatic heterocycles. The van der Waals surface area contributed by atoms with Crippen LogP contribution < -0.4 is 16.1 Å². The molecule has 124 valence electrons. The Bertz CT molecular complexity index is 905. The molecule has 24 heavy (non-hydrogen) atoms. The summed E-state index contributed by atoms with van der Waals surface area (Å²) in [7, 11) is 0. The molecule has 0 spiro atoms. The van der Waals surface area contributed by atoms with Gasteiger partial charge < -0.3 is 4.74 Å². The molecule has 6 heteroatoms. The van der Waals surface area contributed by atoms with E-state index in [4.69, 9.17) is 4.74 Å². The molecule has 0 saturated heterocycles. The Morgan fingerprint density at radius 1 is 0.958 bits per heavy atom. The molecule has 3 aromatic rings.